The number of anilines is 1. The second kappa shape index (κ2) is 7.49. The summed E-state index contributed by atoms with van der Waals surface area (Å²) in [6.07, 6.45) is 2.23. The van der Waals surface area contributed by atoms with Gasteiger partial charge in [0.05, 0.1) is 20.7 Å². The van der Waals surface area contributed by atoms with E-state index >= 15 is 0 Å². The predicted octanol–water partition coefficient (Wildman–Crippen LogP) is 4.07. The number of non-ortho nitro benzene ring substituents is 1. The summed E-state index contributed by atoms with van der Waals surface area (Å²) in [5.74, 6) is 0.568. The van der Waals surface area contributed by atoms with Crippen molar-refractivity contribution in [3.05, 3.63) is 32.3 Å². The first kappa shape index (κ1) is 17.3. The van der Waals surface area contributed by atoms with E-state index in [9.17, 15) is 10.1 Å². The van der Waals surface area contributed by atoms with Crippen LogP contribution in [-0.2, 0) is 0 Å². The maximum atomic E-state index is 10.8. The highest BCUT2D eigenvalue weighted by Crippen LogP contribution is 2.39. The molecule has 0 aliphatic carbocycles. The lowest BCUT2D eigenvalue weighted by Gasteiger charge is -2.23. The summed E-state index contributed by atoms with van der Waals surface area (Å²) < 4.78 is 0. The van der Waals surface area contributed by atoms with E-state index in [4.69, 9.17) is 23.2 Å². The van der Waals surface area contributed by atoms with Gasteiger partial charge in [-0.1, -0.05) is 30.1 Å². The molecule has 1 unspecified atom stereocenters. The summed E-state index contributed by atoms with van der Waals surface area (Å²) in [5, 5.41) is 11.5. The van der Waals surface area contributed by atoms with E-state index in [0.717, 1.165) is 44.7 Å². The molecule has 0 amide bonds. The number of benzene rings is 1. The fraction of sp³-hybridized carbons (Fsp3) is 0.600. The third kappa shape index (κ3) is 4.03. The van der Waals surface area contributed by atoms with Crippen molar-refractivity contribution in [2.45, 2.75) is 19.8 Å². The fourth-order valence-electron chi connectivity index (χ4n) is 3.06. The van der Waals surface area contributed by atoms with Crippen molar-refractivity contribution in [1.82, 2.24) is 4.90 Å². The maximum absolute atomic E-state index is 10.8. The number of hydrogen-bond acceptors (Lipinski definition) is 4. The molecule has 22 heavy (non-hydrogen) atoms. The number of nitro benzene ring substituents is 1. The van der Waals surface area contributed by atoms with Crippen LogP contribution in [0.25, 0.3) is 0 Å². The van der Waals surface area contributed by atoms with Gasteiger partial charge in [0.1, 0.15) is 0 Å². The van der Waals surface area contributed by atoms with Crippen LogP contribution in [0.15, 0.2) is 12.1 Å². The quantitative estimate of drug-likeness (QED) is 0.576. The summed E-state index contributed by atoms with van der Waals surface area (Å²) in [6.45, 7) is 6.07. The molecule has 2 rings (SSSR count). The molecule has 1 aliphatic rings. The van der Waals surface area contributed by atoms with E-state index in [1.165, 1.54) is 12.1 Å². The molecule has 0 saturated carbocycles. The van der Waals surface area contributed by atoms with E-state index in [1.54, 1.807) is 0 Å². The molecule has 5 nitrogen and oxygen atoms in total. The molecule has 1 aromatic carbocycles. The SMILES string of the molecule is CCCN(C)CC1CCN(c2c(Cl)cc([N+](=O)[O-])cc2Cl)C1. The topological polar surface area (TPSA) is 49.6 Å². The Morgan fingerprint density at radius 3 is 2.59 bits per heavy atom. The van der Waals surface area contributed by atoms with Crippen LogP contribution in [0.5, 0.6) is 0 Å². The minimum Gasteiger partial charge on any atom is -0.369 e. The minimum atomic E-state index is -0.478. The smallest absolute Gasteiger partial charge is 0.272 e. The largest absolute Gasteiger partial charge is 0.369 e. The lowest BCUT2D eigenvalue weighted by atomic mass is 10.1. The molecule has 1 aliphatic heterocycles. The van der Waals surface area contributed by atoms with Gasteiger partial charge < -0.3 is 9.80 Å². The first-order valence-corrected chi connectivity index (χ1v) is 8.24. The Labute approximate surface area is 140 Å². The molecule has 1 aromatic rings. The van der Waals surface area contributed by atoms with Gasteiger partial charge in [0.2, 0.25) is 0 Å². The van der Waals surface area contributed by atoms with Crippen LogP contribution in [-0.4, -0.2) is 43.0 Å². The van der Waals surface area contributed by atoms with Gasteiger partial charge in [0.25, 0.3) is 5.69 Å². The van der Waals surface area contributed by atoms with Crippen LogP contribution >= 0.6 is 23.2 Å². The molecule has 7 heteroatoms. The molecular formula is C15H21Cl2N3O2. The number of halogens is 2. The second-order valence-electron chi connectivity index (χ2n) is 5.88. The highest BCUT2D eigenvalue weighted by Gasteiger charge is 2.27. The van der Waals surface area contributed by atoms with Gasteiger partial charge >= 0.3 is 0 Å². The maximum Gasteiger partial charge on any atom is 0.272 e. The average molecular weight is 346 g/mol. The van der Waals surface area contributed by atoms with E-state index in [0.29, 0.717) is 16.0 Å². The molecular weight excluding hydrogens is 325 g/mol. The normalized spacial score (nSPS) is 18.2. The summed E-state index contributed by atoms with van der Waals surface area (Å²) in [4.78, 5) is 14.8. The Hall–Kier alpha value is -1.04. The van der Waals surface area contributed by atoms with E-state index in [-0.39, 0.29) is 5.69 Å². The molecule has 0 N–H and O–H groups in total. The molecule has 0 bridgehead atoms. The monoisotopic (exact) mass is 345 g/mol. The highest BCUT2D eigenvalue weighted by molar-refractivity contribution is 6.39. The van der Waals surface area contributed by atoms with Crippen molar-refractivity contribution in [2.75, 3.05) is 38.1 Å². The van der Waals surface area contributed by atoms with E-state index in [1.807, 2.05) is 0 Å². The molecule has 0 spiro atoms. The van der Waals surface area contributed by atoms with Gasteiger partial charge in [-0.3, -0.25) is 10.1 Å². The standard InChI is InChI=1S/C15H21Cl2N3O2/c1-3-5-18(2)9-11-4-6-19(10-11)15-13(16)7-12(20(21)22)8-14(15)17/h7-8,11H,3-6,9-10H2,1-2H3. The molecule has 1 fully saturated rings. The Bertz CT molecular complexity index is 531. The highest BCUT2D eigenvalue weighted by atomic mass is 35.5. The van der Waals surface area contributed by atoms with Crippen molar-refractivity contribution in [3.63, 3.8) is 0 Å². The fourth-order valence-corrected chi connectivity index (χ4v) is 3.77. The van der Waals surface area contributed by atoms with Crippen molar-refractivity contribution >= 4 is 34.6 Å². The van der Waals surface area contributed by atoms with Crippen LogP contribution in [0.3, 0.4) is 0 Å². The van der Waals surface area contributed by atoms with Crippen molar-refractivity contribution in [1.29, 1.82) is 0 Å². The number of rotatable bonds is 6. The van der Waals surface area contributed by atoms with E-state index in [2.05, 4.69) is 23.8 Å². The summed E-state index contributed by atoms with van der Waals surface area (Å²) >= 11 is 12.4. The minimum absolute atomic E-state index is 0.0721. The van der Waals surface area contributed by atoms with Crippen LogP contribution in [0, 0.1) is 16.0 Å². The first-order valence-electron chi connectivity index (χ1n) is 7.49. The van der Waals surface area contributed by atoms with Crippen LogP contribution in [0.2, 0.25) is 10.0 Å². The zero-order valence-corrected chi connectivity index (χ0v) is 14.4. The molecule has 1 heterocycles. The Kier molecular flexibility index (Phi) is 5.89. The molecule has 0 aromatic heterocycles. The molecule has 122 valence electrons. The second-order valence-corrected chi connectivity index (χ2v) is 6.69. The van der Waals surface area contributed by atoms with Crippen molar-refractivity contribution < 1.29 is 4.92 Å². The van der Waals surface area contributed by atoms with Crippen molar-refractivity contribution in [3.8, 4) is 0 Å². The van der Waals surface area contributed by atoms with Crippen LogP contribution in [0.1, 0.15) is 19.8 Å². The first-order chi connectivity index (χ1) is 10.4. The van der Waals surface area contributed by atoms with Crippen molar-refractivity contribution in [2.24, 2.45) is 5.92 Å². The number of nitro groups is 1. The van der Waals surface area contributed by atoms with Crippen LogP contribution in [0.4, 0.5) is 11.4 Å². The summed E-state index contributed by atoms with van der Waals surface area (Å²) in [5.41, 5.74) is 0.645. The van der Waals surface area contributed by atoms with Gasteiger partial charge in [-0.2, -0.15) is 0 Å². The number of nitrogens with zero attached hydrogens (tertiary/aromatic N) is 3. The Morgan fingerprint density at radius 1 is 1.41 bits per heavy atom. The van der Waals surface area contributed by atoms with Gasteiger partial charge in [-0.05, 0) is 32.4 Å². The van der Waals surface area contributed by atoms with Gasteiger partial charge in [-0.15, -0.1) is 0 Å². The number of hydrogen-bond donors (Lipinski definition) is 0. The predicted molar refractivity (Wildman–Crippen MR) is 91.2 cm³/mol. The molecule has 0 radical (unpaired) electrons. The lowest BCUT2D eigenvalue weighted by Crippen LogP contribution is -2.29. The Balaban J connectivity index is 2.09. The third-order valence-corrected chi connectivity index (χ3v) is 4.57. The summed E-state index contributed by atoms with van der Waals surface area (Å²) in [7, 11) is 2.14. The third-order valence-electron chi connectivity index (χ3n) is 3.99. The summed E-state index contributed by atoms with van der Waals surface area (Å²) in [6, 6.07) is 2.75. The van der Waals surface area contributed by atoms with Gasteiger partial charge in [0, 0.05) is 31.8 Å². The molecule has 1 saturated heterocycles. The van der Waals surface area contributed by atoms with Gasteiger partial charge in [0.15, 0.2) is 0 Å². The zero-order chi connectivity index (χ0) is 16.3. The van der Waals surface area contributed by atoms with Gasteiger partial charge in [-0.25, -0.2) is 0 Å². The average Bonchev–Trinajstić information content (AvgIpc) is 2.86. The van der Waals surface area contributed by atoms with E-state index < -0.39 is 4.92 Å². The molecule has 1 atom stereocenters. The zero-order valence-electron chi connectivity index (χ0n) is 12.9. The lowest BCUT2D eigenvalue weighted by molar-refractivity contribution is -0.384. The Morgan fingerprint density at radius 2 is 2.05 bits per heavy atom. The van der Waals surface area contributed by atoms with Crippen LogP contribution < -0.4 is 4.90 Å².